The summed E-state index contributed by atoms with van der Waals surface area (Å²) in [5.74, 6) is -0.207. The number of carbonyl (C=O) groups excluding carboxylic acids is 1. The van der Waals surface area contributed by atoms with E-state index in [1.165, 1.54) is 6.20 Å². The van der Waals surface area contributed by atoms with Gasteiger partial charge in [0.15, 0.2) is 5.84 Å². The van der Waals surface area contributed by atoms with E-state index in [9.17, 15) is 4.79 Å². The number of likely N-dealkylation sites (N-methyl/N-ethyl adjacent to an activating group) is 1. The van der Waals surface area contributed by atoms with Crippen LogP contribution in [0.2, 0.25) is 0 Å². The van der Waals surface area contributed by atoms with E-state index in [2.05, 4.69) is 10.1 Å². The number of pyridine rings is 1. The van der Waals surface area contributed by atoms with Crippen LogP contribution in [0, 0.1) is 0 Å². The first-order chi connectivity index (χ1) is 9.54. The molecule has 2 atom stereocenters. The first kappa shape index (κ1) is 14.3. The van der Waals surface area contributed by atoms with Crippen LogP contribution >= 0.6 is 0 Å². The molecule has 0 bridgehead atoms. The molecule has 1 aromatic rings. The van der Waals surface area contributed by atoms with Gasteiger partial charge >= 0.3 is 0 Å². The summed E-state index contributed by atoms with van der Waals surface area (Å²) in [5.41, 5.74) is 6.23. The Hall–Kier alpha value is -2.15. The molecule has 2 rings (SSSR count). The van der Waals surface area contributed by atoms with E-state index in [1.807, 2.05) is 6.92 Å². The third-order valence-corrected chi connectivity index (χ3v) is 3.54. The Morgan fingerprint density at radius 3 is 2.85 bits per heavy atom. The van der Waals surface area contributed by atoms with E-state index >= 15 is 0 Å². The van der Waals surface area contributed by atoms with Crippen molar-refractivity contribution in [2.45, 2.75) is 25.5 Å². The van der Waals surface area contributed by atoms with Gasteiger partial charge < -0.3 is 20.6 Å². The second-order valence-electron chi connectivity index (χ2n) is 4.77. The summed E-state index contributed by atoms with van der Waals surface area (Å²) < 4.78 is 5.46. The molecule has 1 aromatic heterocycles. The molecular formula is C13H18N4O3. The van der Waals surface area contributed by atoms with Gasteiger partial charge in [-0.05, 0) is 25.5 Å². The molecule has 1 aliphatic rings. The lowest BCUT2D eigenvalue weighted by molar-refractivity contribution is 0.0570. The van der Waals surface area contributed by atoms with Gasteiger partial charge in [-0.15, -0.1) is 0 Å². The van der Waals surface area contributed by atoms with E-state index in [1.54, 1.807) is 24.1 Å². The van der Waals surface area contributed by atoms with Crippen LogP contribution in [0.3, 0.4) is 0 Å². The van der Waals surface area contributed by atoms with Gasteiger partial charge in [0, 0.05) is 25.4 Å². The largest absolute Gasteiger partial charge is 0.409 e. The quantitative estimate of drug-likeness (QED) is 0.361. The lowest BCUT2D eigenvalue weighted by Gasteiger charge is -2.26. The molecule has 2 unspecified atom stereocenters. The van der Waals surface area contributed by atoms with Crippen LogP contribution in [0.15, 0.2) is 23.5 Å². The van der Waals surface area contributed by atoms with Crippen molar-refractivity contribution in [3.05, 3.63) is 29.6 Å². The number of nitrogens with zero attached hydrogens (tertiary/aromatic N) is 3. The summed E-state index contributed by atoms with van der Waals surface area (Å²) in [6.07, 6.45) is 2.26. The summed E-state index contributed by atoms with van der Waals surface area (Å²) in [4.78, 5) is 18.0. The molecule has 108 valence electrons. The van der Waals surface area contributed by atoms with Crippen LogP contribution in [0.5, 0.6) is 0 Å². The fourth-order valence-electron chi connectivity index (χ4n) is 2.29. The molecule has 0 spiro atoms. The number of hydrogen-bond acceptors (Lipinski definition) is 5. The number of aromatic nitrogens is 1. The van der Waals surface area contributed by atoms with Gasteiger partial charge in [0.05, 0.1) is 12.1 Å². The highest BCUT2D eigenvalue weighted by atomic mass is 16.5. The monoisotopic (exact) mass is 278 g/mol. The molecule has 0 aliphatic carbocycles. The van der Waals surface area contributed by atoms with Crippen LogP contribution in [0.1, 0.15) is 29.4 Å². The standard InChI is InChI=1S/C13H18N4O3/c1-8-11(5-6-20-8)17(2)13(18)10-4-3-9(7-15-10)12(14)16-19/h3-4,7-8,11,19H,5-6H2,1-2H3,(H2,14,16). The molecule has 2 heterocycles. The first-order valence-corrected chi connectivity index (χ1v) is 6.37. The van der Waals surface area contributed by atoms with Crippen molar-refractivity contribution in [2.24, 2.45) is 10.9 Å². The predicted octanol–water partition coefficient (Wildman–Crippen LogP) is 0.426. The Kier molecular flexibility index (Phi) is 4.19. The average Bonchev–Trinajstić information content (AvgIpc) is 2.91. The van der Waals surface area contributed by atoms with Crippen LogP contribution in [0.25, 0.3) is 0 Å². The molecule has 7 nitrogen and oxygen atoms in total. The van der Waals surface area contributed by atoms with Gasteiger partial charge in [-0.2, -0.15) is 0 Å². The predicted molar refractivity (Wildman–Crippen MR) is 72.7 cm³/mol. The first-order valence-electron chi connectivity index (χ1n) is 6.37. The normalized spacial score (nSPS) is 22.8. The third-order valence-electron chi connectivity index (χ3n) is 3.54. The molecule has 0 saturated carbocycles. The van der Waals surface area contributed by atoms with Crippen molar-refractivity contribution < 1.29 is 14.7 Å². The number of carbonyl (C=O) groups is 1. The summed E-state index contributed by atoms with van der Waals surface area (Å²) >= 11 is 0. The minimum absolute atomic E-state index is 0.0281. The van der Waals surface area contributed by atoms with Crippen molar-refractivity contribution in [1.29, 1.82) is 0 Å². The number of ether oxygens (including phenoxy) is 1. The van der Waals surface area contributed by atoms with Crippen molar-refractivity contribution >= 4 is 11.7 Å². The van der Waals surface area contributed by atoms with Gasteiger partial charge in [-0.1, -0.05) is 5.16 Å². The Balaban J connectivity index is 2.13. The van der Waals surface area contributed by atoms with Gasteiger partial charge in [-0.3, -0.25) is 9.78 Å². The van der Waals surface area contributed by atoms with E-state index in [-0.39, 0.29) is 23.9 Å². The average molecular weight is 278 g/mol. The van der Waals surface area contributed by atoms with E-state index in [0.29, 0.717) is 17.9 Å². The van der Waals surface area contributed by atoms with Crippen molar-refractivity contribution in [3.63, 3.8) is 0 Å². The number of hydrogen-bond donors (Lipinski definition) is 2. The molecule has 3 N–H and O–H groups in total. The number of oxime groups is 1. The zero-order valence-corrected chi connectivity index (χ0v) is 11.5. The van der Waals surface area contributed by atoms with E-state index < -0.39 is 0 Å². The number of amidine groups is 1. The maximum atomic E-state index is 12.3. The molecule has 20 heavy (non-hydrogen) atoms. The summed E-state index contributed by atoms with van der Waals surface area (Å²) in [6, 6.07) is 3.22. The molecule has 1 aliphatic heterocycles. The molecule has 0 radical (unpaired) electrons. The van der Waals surface area contributed by atoms with Crippen LogP contribution in [0.4, 0.5) is 0 Å². The summed E-state index contributed by atoms with van der Waals surface area (Å²) in [5, 5.41) is 11.5. The maximum absolute atomic E-state index is 12.3. The van der Waals surface area contributed by atoms with Crippen LogP contribution in [-0.4, -0.2) is 52.6 Å². The smallest absolute Gasteiger partial charge is 0.272 e. The number of amides is 1. The van der Waals surface area contributed by atoms with Gasteiger partial charge in [0.1, 0.15) is 5.69 Å². The highest BCUT2D eigenvalue weighted by Crippen LogP contribution is 2.19. The Bertz CT molecular complexity index is 515. The van der Waals surface area contributed by atoms with Crippen molar-refractivity contribution in [2.75, 3.05) is 13.7 Å². The zero-order chi connectivity index (χ0) is 14.7. The van der Waals surface area contributed by atoms with Crippen LogP contribution < -0.4 is 5.73 Å². The van der Waals surface area contributed by atoms with E-state index in [0.717, 1.165) is 6.42 Å². The van der Waals surface area contributed by atoms with Crippen molar-refractivity contribution in [1.82, 2.24) is 9.88 Å². The van der Waals surface area contributed by atoms with Crippen molar-refractivity contribution in [3.8, 4) is 0 Å². The molecule has 1 fully saturated rings. The SMILES string of the molecule is CC1OCCC1N(C)C(=O)c1ccc(/C(N)=N/O)cn1. The van der Waals surface area contributed by atoms with E-state index in [4.69, 9.17) is 15.7 Å². The number of nitrogens with two attached hydrogens (primary N) is 1. The van der Waals surface area contributed by atoms with Gasteiger partial charge in [0.25, 0.3) is 5.91 Å². The minimum atomic E-state index is -0.168. The third kappa shape index (κ3) is 2.72. The minimum Gasteiger partial charge on any atom is -0.409 e. The summed E-state index contributed by atoms with van der Waals surface area (Å²) in [6.45, 7) is 2.62. The molecule has 1 amide bonds. The number of rotatable bonds is 3. The second-order valence-corrected chi connectivity index (χ2v) is 4.77. The zero-order valence-electron chi connectivity index (χ0n) is 11.5. The Labute approximate surface area is 117 Å². The highest BCUT2D eigenvalue weighted by molar-refractivity contribution is 5.98. The molecular weight excluding hydrogens is 260 g/mol. The molecule has 0 aromatic carbocycles. The topological polar surface area (TPSA) is 101 Å². The highest BCUT2D eigenvalue weighted by Gasteiger charge is 2.31. The maximum Gasteiger partial charge on any atom is 0.272 e. The Morgan fingerprint density at radius 1 is 1.60 bits per heavy atom. The molecule has 7 heteroatoms. The molecule has 1 saturated heterocycles. The second kappa shape index (κ2) is 5.87. The van der Waals surface area contributed by atoms with Crippen LogP contribution in [-0.2, 0) is 4.74 Å². The Morgan fingerprint density at radius 2 is 2.35 bits per heavy atom. The van der Waals surface area contributed by atoms with Gasteiger partial charge in [0.2, 0.25) is 0 Å². The fourth-order valence-corrected chi connectivity index (χ4v) is 2.29. The lowest BCUT2D eigenvalue weighted by atomic mass is 10.1. The summed E-state index contributed by atoms with van der Waals surface area (Å²) in [7, 11) is 1.75. The van der Waals surface area contributed by atoms with Gasteiger partial charge in [-0.25, -0.2) is 0 Å². The fraction of sp³-hybridized carbons (Fsp3) is 0.462. The lowest BCUT2D eigenvalue weighted by Crippen LogP contribution is -2.41.